The Balaban J connectivity index is 1.68. The summed E-state index contributed by atoms with van der Waals surface area (Å²) in [5.41, 5.74) is 3.33. The van der Waals surface area contributed by atoms with E-state index in [0.717, 1.165) is 41.7 Å². The summed E-state index contributed by atoms with van der Waals surface area (Å²) in [6.45, 7) is 6.13. The molecule has 0 aliphatic heterocycles. The lowest BCUT2D eigenvalue weighted by molar-refractivity contribution is 0.102. The average Bonchev–Trinajstić information content (AvgIpc) is 3.23. The summed E-state index contributed by atoms with van der Waals surface area (Å²) in [7, 11) is 0. The second kappa shape index (κ2) is 6.79. The summed E-state index contributed by atoms with van der Waals surface area (Å²) < 4.78 is 1.90. The van der Waals surface area contributed by atoms with E-state index in [2.05, 4.69) is 34.2 Å². The SMILES string of the molecule is CCC(C)n1ncc2c(C(=O)Nc3nc4c(s3)CCCC4)cc(C)nc21. The molecule has 4 rings (SSSR count). The van der Waals surface area contributed by atoms with Crippen molar-refractivity contribution in [3.63, 3.8) is 0 Å². The van der Waals surface area contributed by atoms with Crippen LogP contribution in [0.15, 0.2) is 12.3 Å². The minimum atomic E-state index is -0.143. The Labute approximate surface area is 156 Å². The standard InChI is InChI=1S/C19H23N5OS/c1-4-12(3)24-17-14(10-20-24)13(9-11(2)21-17)18(25)23-19-22-15-7-5-6-8-16(15)26-19/h9-10,12H,4-8H2,1-3H3,(H,22,23,25). The number of carbonyl (C=O) groups excluding carboxylic acids is 1. The van der Waals surface area contributed by atoms with Crippen molar-refractivity contribution in [1.29, 1.82) is 0 Å². The lowest BCUT2D eigenvalue weighted by atomic mass is 10.0. The first-order valence-corrected chi connectivity index (χ1v) is 10.0. The van der Waals surface area contributed by atoms with Crippen molar-refractivity contribution in [2.45, 2.75) is 58.9 Å². The van der Waals surface area contributed by atoms with Crippen LogP contribution in [0.25, 0.3) is 11.0 Å². The molecule has 1 aliphatic rings. The topological polar surface area (TPSA) is 72.7 Å². The smallest absolute Gasteiger partial charge is 0.258 e. The van der Waals surface area contributed by atoms with Crippen LogP contribution in [0, 0.1) is 6.92 Å². The Morgan fingerprint density at radius 3 is 2.92 bits per heavy atom. The van der Waals surface area contributed by atoms with Gasteiger partial charge in [0.15, 0.2) is 10.8 Å². The van der Waals surface area contributed by atoms with Gasteiger partial charge in [0.25, 0.3) is 5.91 Å². The third-order valence-electron chi connectivity index (χ3n) is 5.01. The van der Waals surface area contributed by atoms with Gasteiger partial charge >= 0.3 is 0 Å². The van der Waals surface area contributed by atoms with E-state index in [1.807, 2.05) is 17.7 Å². The van der Waals surface area contributed by atoms with Gasteiger partial charge in [0.2, 0.25) is 0 Å². The van der Waals surface area contributed by atoms with Crippen LogP contribution >= 0.6 is 11.3 Å². The van der Waals surface area contributed by atoms with E-state index in [-0.39, 0.29) is 11.9 Å². The first-order chi connectivity index (χ1) is 12.6. The number of nitrogens with one attached hydrogen (secondary N) is 1. The van der Waals surface area contributed by atoms with Crippen LogP contribution in [0.5, 0.6) is 0 Å². The molecule has 0 saturated carbocycles. The van der Waals surface area contributed by atoms with Gasteiger partial charge in [0.05, 0.1) is 28.9 Å². The number of nitrogens with zero attached hydrogens (tertiary/aromatic N) is 4. The summed E-state index contributed by atoms with van der Waals surface area (Å²) >= 11 is 1.60. The first-order valence-electron chi connectivity index (χ1n) is 9.21. The van der Waals surface area contributed by atoms with E-state index in [1.54, 1.807) is 17.5 Å². The van der Waals surface area contributed by atoms with Crippen molar-refractivity contribution in [3.05, 3.63) is 34.1 Å². The van der Waals surface area contributed by atoms with Crippen molar-refractivity contribution >= 4 is 33.4 Å². The van der Waals surface area contributed by atoms with Crippen molar-refractivity contribution in [2.24, 2.45) is 0 Å². The van der Waals surface area contributed by atoms with Crippen LogP contribution < -0.4 is 5.32 Å². The molecule has 6 nitrogen and oxygen atoms in total. The van der Waals surface area contributed by atoms with E-state index in [9.17, 15) is 4.79 Å². The summed E-state index contributed by atoms with van der Waals surface area (Å²) in [4.78, 5) is 23.5. The van der Waals surface area contributed by atoms with E-state index >= 15 is 0 Å². The molecular weight excluding hydrogens is 346 g/mol. The Morgan fingerprint density at radius 1 is 1.35 bits per heavy atom. The fourth-order valence-electron chi connectivity index (χ4n) is 3.40. The van der Waals surface area contributed by atoms with E-state index in [1.165, 1.54) is 17.7 Å². The van der Waals surface area contributed by atoms with Crippen LogP contribution in [-0.4, -0.2) is 25.7 Å². The summed E-state index contributed by atoms with van der Waals surface area (Å²) in [5, 5.41) is 8.94. The number of thiazole rings is 1. The highest BCUT2D eigenvalue weighted by Gasteiger charge is 2.20. The Morgan fingerprint density at radius 2 is 2.15 bits per heavy atom. The second-order valence-corrected chi connectivity index (χ2v) is 8.03. The van der Waals surface area contributed by atoms with Crippen LogP contribution in [-0.2, 0) is 12.8 Å². The lowest BCUT2D eigenvalue weighted by Gasteiger charge is -2.11. The van der Waals surface area contributed by atoms with Gasteiger partial charge < -0.3 is 0 Å². The van der Waals surface area contributed by atoms with Gasteiger partial charge in [0.1, 0.15) is 0 Å². The monoisotopic (exact) mass is 369 g/mol. The number of anilines is 1. The van der Waals surface area contributed by atoms with Crippen LogP contribution in [0.1, 0.15) is 65.8 Å². The number of pyridine rings is 1. The number of aryl methyl sites for hydroxylation is 3. The summed E-state index contributed by atoms with van der Waals surface area (Å²) in [6.07, 6.45) is 7.18. The molecule has 7 heteroatoms. The van der Waals surface area contributed by atoms with Gasteiger partial charge in [0, 0.05) is 10.6 Å². The molecule has 26 heavy (non-hydrogen) atoms. The molecule has 3 aromatic rings. The van der Waals surface area contributed by atoms with Crippen molar-refractivity contribution < 1.29 is 4.79 Å². The molecule has 0 bridgehead atoms. The zero-order valence-corrected chi connectivity index (χ0v) is 16.2. The number of fused-ring (bicyclic) bond motifs is 2. The molecule has 0 radical (unpaired) electrons. The molecule has 1 N–H and O–H groups in total. The minimum Gasteiger partial charge on any atom is -0.298 e. The van der Waals surface area contributed by atoms with Crippen molar-refractivity contribution in [1.82, 2.24) is 19.7 Å². The number of amides is 1. The molecule has 0 spiro atoms. The molecule has 136 valence electrons. The average molecular weight is 369 g/mol. The molecule has 3 heterocycles. The maximum absolute atomic E-state index is 12.9. The largest absolute Gasteiger partial charge is 0.298 e. The molecule has 1 unspecified atom stereocenters. The number of hydrogen-bond acceptors (Lipinski definition) is 5. The van der Waals surface area contributed by atoms with Gasteiger partial charge in [-0.1, -0.05) is 6.92 Å². The van der Waals surface area contributed by atoms with Gasteiger partial charge in [-0.05, 0) is 52.0 Å². The van der Waals surface area contributed by atoms with Crippen molar-refractivity contribution in [2.75, 3.05) is 5.32 Å². The maximum atomic E-state index is 12.9. The van der Waals surface area contributed by atoms with Gasteiger partial charge in [-0.2, -0.15) is 5.10 Å². The Bertz CT molecular complexity index is 950. The maximum Gasteiger partial charge on any atom is 0.258 e. The zero-order valence-electron chi connectivity index (χ0n) is 15.4. The quantitative estimate of drug-likeness (QED) is 0.744. The molecule has 0 saturated heterocycles. The molecule has 0 fully saturated rings. The molecule has 3 aromatic heterocycles. The normalized spacial score (nSPS) is 15.0. The predicted octanol–water partition coefficient (Wildman–Crippen LogP) is 4.30. The highest BCUT2D eigenvalue weighted by atomic mass is 32.1. The van der Waals surface area contributed by atoms with Crippen LogP contribution in [0.4, 0.5) is 5.13 Å². The molecule has 1 amide bonds. The lowest BCUT2D eigenvalue weighted by Crippen LogP contribution is -2.13. The van der Waals surface area contributed by atoms with Crippen LogP contribution in [0.3, 0.4) is 0 Å². The summed E-state index contributed by atoms with van der Waals surface area (Å²) in [5.74, 6) is -0.143. The Hall–Kier alpha value is -2.28. The zero-order chi connectivity index (χ0) is 18.3. The van der Waals surface area contributed by atoms with Crippen LogP contribution in [0.2, 0.25) is 0 Å². The second-order valence-electron chi connectivity index (χ2n) is 6.95. The third-order valence-corrected chi connectivity index (χ3v) is 6.09. The minimum absolute atomic E-state index is 0.143. The first kappa shape index (κ1) is 17.1. The molecular formula is C19H23N5OS. The summed E-state index contributed by atoms with van der Waals surface area (Å²) in [6, 6.07) is 2.07. The van der Waals surface area contributed by atoms with Gasteiger partial charge in [-0.15, -0.1) is 11.3 Å². The number of carbonyl (C=O) groups is 1. The highest BCUT2D eigenvalue weighted by Crippen LogP contribution is 2.30. The van der Waals surface area contributed by atoms with Gasteiger partial charge in [-0.3, -0.25) is 10.1 Å². The van der Waals surface area contributed by atoms with E-state index < -0.39 is 0 Å². The number of rotatable bonds is 4. The molecule has 0 aromatic carbocycles. The fourth-order valence-corrected chi connectivity index (χ4v) is 4.44. The molecule has 1 aliphatic carbocycles. The Kier molecular flexibility index (Phi) is 4.48. The third kappa shape index (κ3) is 3.00. The molecule has 1 atom stereocenters. The highest BCUT2D eigenvalue weighted by molar-refractivity contribution is 7.15. The van der Waals surface area contributed by atoms with E-state index in [4.69, 9.17) is 0 Å². The number of hydrogen-bond donors (Lipinski definition) is 1. The van der Waals surface area contributed by atoms with Gasteiger partial charge in [-0.25, -0.2) is 14.6 Å². The number of aromatic nitrogens is 4. The van der Waals surface area contributed by atoms with Crippen molar-refractivity contribution in [3.8, 4) is 0 Å². The van der Waals surface area contributed by atoms with E-state index in [0.29, 0.717) is 10.7 Å². The predicted molar refractivity (Wildman–Crippen MR) is 104 cm³/mol. The fraction of sp³-hybridized carbons (Fsp3) is 0.474.